The lowest BCUT2D eigenvalue weighted by atomic mass is 9.79. The highest BCUT2D eigenvalue weighted by Crippen LogP contribution is 2.25. The molecule has 0 radical (unpaired) electrons. The fourth-order valence-electron chi connectivity index (χ4n) is 1.53. The van der Waals surface area contributed by atoms with Gasteiger partial charge in [0.15, 0.2) is 0 Å². The molecule has 0 heterocycles. The van der Waals surface area contributed by atoms with E-state index in [-0.39, 0.29) is 5.48 Å². The molecule has 1 aliphatic rings. The molecule has 2 unspecified atom stereocenters. The van der Waals surface area contributed by atoms with Gasteiger partial charge in [-0.2, -0.15) is 0 Å². The Kier molecular flexibility index (Phi) is 4.89. The molecule has 0 amide bonds. The van der Waals surface area contributed by atoms with Crippen molar-refractivity contribution in [1.82, 2.24) is 0 Å². The standard InChI is InChI=1S/C7H14O6.H2O/c8-1-2-3(9)5(11)7(13)6(12)4(2)10;/h2-13H,1H2;1H2/t2?,3-,4+,5-,6-,7?;/m1./s1. The van der Waals surface area contributed by atoms with Crippen molar-refractivity contribution in [1.29, 1.82) is 0 Å². The Labute approximate surface area is 80.2 Å². The quantitative estimate of drug-likeness (QED) is 0.258. The molecular formula is C7H16O7. The Morgan fingerprint density at radius 3 is 1.21 bits per heavy atom. The molecule has 14 heavy (non-hydrogen) atoms. The summed E-state index contributed by atoms with van der Waals surface area (Å²) in [6.07, 6.45) is -7.55. The van der Waals surface area contributed by atoms with Crippen LogP contribution in [0.15, 0.2) is 0 Å². The van der Waals surface area contributed by atoms with E-state index in [0.29, 0.717) is 0 Å². The third kappa shape index (κ3) is 2.04. The molecule has 0 bridgehead atoms. The minimum Gasteiger partial charge on any atom is -0.412 e. The summed E-state index contributed by atoms with van der Waals surface area (Å²) in [6.45, 7) is -0.566. The van der Waals surface area contributed by atoms with Gasteiger partial charge in [0.2, 0.25) is 0 Å². The van der Waals surface area contributed by atoms with E-state index in [1.807, 2.05) is 0 Å². The lowest BCUT2D eigenvalue weighted by Crippen LogP contribution is -2.61. The van der Waals surface area contributed by atoms with Crippen molar-refractivity contribution >= 4 is 0 Å². The molecule has 0 aromatic carbocycles. The highest BCUT2D eigenvalue weighted by Gasteiger charge is 2.47. The molecule has 0 saturated heterocycles. The largest absolute Gasteiger partial charge is 0.412 e. The highest BCUT2D eigenvalue weighted by atomic mass is 16.4. The molecule has 1 aliphatic carbocycles. The molecule has 8 N–H and O–H groups in total. The molecule has 6 atom stereocenters. The summed E-state index contributed by atoms with van der Waals surface area (Å²) in [4.78, 5) is 0. The maximum atomic E-state index is 9.25. The van der Waals surface area contributed by atoms with E-state index >= 15 is 0 Å². The minimum atomic E-state index is -1.59. The smallest absolute Gasteiger partial charge is 0.111 e. The van der Waals surface area contributed by atoms with E-state index in [0.717, 1.165) is 0 Å². The van der Waals surface area contributed by atoms with Crippen LogP contribution in [-0.4, -0.2) is 73.2 Å². The average molecular weight is 212 g/mol. The molecule has 0 spiro atoms. The van der Waals surface area contributed by atoms with Gasteiger partial charge in [0, 0.05) is 5.92 Å². The molecule has 1 fully saturated rings. The second kappa shape index (κ2) is 4.99. The third-order valence-corrected chi connectivity index (χ3v) is 2.49. The maximum Gasteiger partial charge on any atom is 0.111 e. The van der Waals surface area contributed by atoms with Crippen LogP contribution in [0, 0.1) is 5.92 Å². The average Bonchev–Trinajstić information content (AvgIpc) is 2.13. The van der Waals surface area contributed by atoms with Crippen LogP contribution in [0.5, 0.6) is 0 Å². The molecule has 7 nitrogen and oxygen atoms in total. The van der Waals surface area contributed by atoms with Crippen LogP contribution in [0.2, 0.25) is 0 Å². The summed E-state index contributed by atoms with van der Waals surface area (Å²) in [5.74, 6) is -1.03. The number of rotatable bonds is 1. The van der Waals surface area contributed by atoms with Crippen LogP contribution < -0.4 is 0 Å². The second-order valence-electron chi connectivity index (χ2n) is 3.30. The fourth-order valence-corrected chi connectivity index (χ4v) is 1.53. The number of hydrogen-bond acceptors (Lipinski definition) is 6. The van der Waals surface area contributed by atoms with Gasteiger partial charge in [-0.3, -0.25) is 0 Å². The van der Waals surface area contributed by atoms with E-state index in [1.165, 1.54) is 0 Å². The fraction of sp³-hybridized carbons (Fsp3) is 1.00. The number of hydrogen-bond donors (Lipinski definition) is 6. The van der Waals surface area contributed by atoms with E-state index in [2.05, 4.69) is 0 Å². The van der Waals surface area contributed by atoms with Crippen LogP contribution in [0.4, 0.5) is 0 Å². The Hall–Kier alpha value is -0.280. The summed E-state index contributed by atoms with van der Waals surface area (Å²) in [5, 5.41) is 54.6. The van der Waals surface area contributed by atoms with E-state index in [4.69, 9.17) is 20.4 Å². The third-order valence-electron chi connectivity index (χ3n) is 2.49. The first-order chi connectivity index (χ1) is 6.00. The molecule has 0 aromatic heterocycles. The number of aliphatic hydroxyl groups excluding tert-OH is 6. The van der Waals surface area contributed by atoms with Crippen LogP contribution in [-0.2, 0) is 0 Å². The summed E-state index contributed by atoms with van der Waals surface area (Å²) in [7, 11) is 0. The van der Waals surface area contributed by atoms with Crippen LogP contribution >= 0.6 is 0 Å². The molecule has 1 saturated carbocycles. The lowest BCUT2D eigenvalue weighted by Gasteiger charge is -2.41. The molecular weight excluding hydrogens is 196 g/mol. The number of aliphatic hydroxyl groups is 6. The Balaban J connectivity index is 0.00000169. The van der Waals surface area contributed by atoms with Crippen molar-refractivity contribution in [3.63, 3.8) is 0 Å². The minimum absolute atomic E-state index is 0. The predicted molar refractivity (Wildman–Crippen MR) is 44.2 cm³/mol. The van der Waals surface area contributed by atoms with Gasteiger partial charge >= 0.3 is 0 Å². The Morgan fingerprint density at radius 1 is 0.643 bits per heavy atom. The van der Waals surface area contributed by atoms with Crippen LogP contribution in [0.3, 0.4) is 0 Å². The summed E-state index contributed by atoms with van der Waals surface area (Å²) >= 11 is 0. The van der Waals surface area contributed by atoms with E-state index in [1.54, 1.807) is 0 Å². The van der Waals surface area contributed by atoms with Gasteiger partial charge in [0.1, 0.15) is 18.3 Å². The molecule has 7 heteroatoms. The molecule has 0 aromatic rings. The van der Waals surface area contributed by atoms with Crippen molar-refractivity contribution in [3.8, 4) is 0 Å². The molecule has 86 valence electrons. The first kappa shape index (κ1) is 13.7. The zero-order valence-electron chi connectivity index (χ0n) is 7.35. The van der Waals surface area contributed by atoms with Crippen LogP contribution in [0.1, 0.15) is 0 Å². The van der Waals surface area contributed by atoms with Gasteiger partial charge in [-0.15, -0.1) is 0 Å². The van der Waals surface area contributed by atoms with E-state index < -0.39 is 43.0 Å². The van der Waals surface area contributed by atoms with Crippen molar-refractivity contribution < 1.29 is 36.1 Å². The van der Waals surface area contributed by atoms with Gasteiger partial charge in [-0.1, -0.05) is 0 Å². The monoisotopic (exact) mass is 212 g/mol. The van der Waals surface area contributed by atoms with Crippen LogP contribution in [0.25, 0.3) is 0 Å². The van der Waals surface area contributed by atoms with E-state index in [9.17, 15) is 10.2 Å². The van der Waals surface area contributed by atoms with Crippen molar-refractivity contribution in [3.05, 3.63) is 0 Å². The second-order valence-corrected chi connectivity index (χ2v) is 3.30. The van der Waals surface area contributed by atoms with Gasteiger partial charge < -0.3 is 36.1 Å². The highest BCUT2D eigenvalue weighted by molar-refractivity contribution is 4.97. The maximum absolute atomic E-state index is 9.25. The SMILES string of the molecule is O.OCC1[C@@H](O)[C@@H](O)C(O)[C@H](O)[C@H]1O. The van der Waals surface area contributed by atoms with Crippen molar-refractivity contribution in [2.75, 3.05) is 6.61 Å². The van der Waals surface area contributed by atoms with Crippen molar-refractivity contribution in [2.24, 2.45) is 5.92 Å². The van der Waals surface area contributed by atoms with Gasteiger partial charge in [0.05, 0.1) is 18.8 Å². The van der Waals surface area contributed by atoms with Crippen molar-refractivity contribution in [2.45, 2.75) is 30.5 Å². The topological polar surface area (TPSA) is 153 Å². The molecule has 1 rings (SSSR count). The molecule has 0 aliphatic heterocycles. The first-order valence-electron chi connectivity index (χ1n) is 4.02. The van der Waals surface area contributed by atoms with Gasteiger partial charge in [0.25, 0.3) is 0 Å². The zero-order chi connectivity index (χ0) is 10.2. The zero-order valence-corrected chi connectivity index (χ0v) is 7.35. The Bertz CT molecular complexity index is 159. The summed E-state index contributed by atoms with van der Waals surface area (Å²) < 4.78 is 0. The van der Waals surface area contributed by atoms with Gasteiger partial charge in [-0.05, 0) is 0 Å². The lowest BCUT2D eigenvalue weighted by molar-refractivity contribution is -0.209. The van der Waals surface area contributed by atoms with Gasteiger partial charge in [-0.25, -0.2) is 0 Å². The summed E-state index contributed by atoms with van der Waals surface area (Å²) in [6, 6.07) is 0. The predicted octanol–water partition coefficient (Wildman–Crippen LogP) is -4.41. The normalized spacial score (nSPS) is 48.4. The summed E-state index contributed by atoms with van der Waals surface area (Å²) in [5.41, 5.74) is 0. The Morgan fingerprint density at radius 2 is 0.929 bits per heavy atom. The first-order valence-corrected chi connectivity index (χ1v) is 4.02.